The molecule has 0 bridgehead atoms. The monoisotopic (exact) mass is 575 g/mol. The Balaban J connectivity index is 1.53. The third-order valence-corrected chi connectivity index (χ3v) is 7.71. The van der Waals surface area contributed by atoms with E-state index in [1.807, 2.05) is 66.7 Å². The van der Waals surface area contributed by atoms with E-state index >= 15 is 0 Å². The predicted octanol–water partition coefficient (Wildman–Crippen LogP) is 6.70. The van der Waals surface area contributed by atoms with Crippen LogP contribution in [0.1, 0.15) is 52.8 Å². The summed E-state index contributed by atoms with van der Waals surface area (Å²) in [5.41, 5.74) is 4.65. The summed E-state index contributed by atoms with van der Waals surface area (Å²) in [5, 5.41) is 13.0. The van der Waals surface area contributed by atoms with Crippen LogP contribution in [0.3, 0.4) is 0 Å². The number of thiol groups is 1. The van der Waals surface area contributed by atoms with Gasteiger partial charge in [-0.2, -0.15) is 12.6 Å². The number of carboxylic acid groups (broad SMARTS) is 1. The molecule has 0 saturated heterocycles. The minimum Gasteiger partial charge on any atom is -0.478 e. The van der Waals surface area contributed by atoms with Crippen LogP contribution in [0.4, 0.5) is 0 Å². The number of nitrogens with one attached hydrogen (secondary N) is 1. The number of carbonyl (C=O) groups excluding carboxylic acids is 1. The Morgan fingerprint density at radius 1 is 1.00 bits per heavy atom. The van der Waals surface area contributed by atoms with Gasteiger partial charge in [0, 0.05) is 18.7 Å². The van der Waals surface area contributed by atoms with Crippen molar-refractivity contribution in [1.82, 2.24) is 14.9 Å². The molecule has 0 aliphatic carbocycles. The topological polar surface area (TPSA) is 84.2 Å². The first-order chi connectivity index (χ1) is 19.4. The smallest absolute Gasteiger partial charge is 0.336 e. The van der Waals surface area contributed by atoms with Gasteiger partial charge < -0.3 is 15.0 Å². The maximum absolute atomic E-state index is 13.1. The lowest BCUT2D eigenvalue weighted by Crippen LogP contribution is -2.33. The van der Waals surface area contributed by atoms with Gasteiger partial charge in [0.25, 0.3) is 0 Å². The third-order valence-electron chi connectivity index (χ3n) is 6.97. The summed E-state index contributed by atoms with van der Waals surface area (Å²) in [5.74, 6) is 0.0311. The Morgan fingerprint density at radius 3 is 2.38 bits per heavy atom. The van der Waals surface area contributed by atoms with Gasteiger partial charge in [0.15, 0.2) is 5.15 Å². The number of nitrogens with zero attached hydrogens (tertiary/aromatic N) is 2. The Bertz CT molecular complexity index is 1440. The molecule has 3 aromatic carbocycles. The number of aromatic carboxylic acids is 1. The Hall–Kier alpha value is -3.55. The van der Waals surface area contributed by atoms with Crippen LogP contribution < -0.4 is 5.32 Å². The van der Waals surface area contributed by atoms with E-state index in [-0.39, 0.29) is 23.9 Å². The molecule has 0 aliphatic rings. The second kappa shape index (κ2) is 14.2. The fraction of sp³-hybridized carbons (Fsp3) is 0.281. The van der Waals surface area contributed by atoms with Crippen LogP contribution in [-0.2, 0) is 30.7 Å². The van der Waals surface area contributed by atoms with Crippen LogP contribution in [0.15, 0.2) is 78.9 Å². The molecular formula is C32H34ClN3O3S. The Kier molecular flexibility index (Phi) is 10.4. The SMILES string of the molecule is CCCCc1nc(Cl)c(CNC(=O)C(CS)Cc2ccccc2)n1Cc1ccc(-c2ccccc2C(=O)O)cc1. The van der Waals surface area contributed by atoms with Crippen molar-refractivity contribution in [3.63, 3.8) is 0 Å². The van der Waals surface area contributed by atoms with Gasteiger partial charge in [0.2, 0.25) is 5.91 Å². The van der Waals surface area contributed by atoms with Crippen molar-refractivity contribution in [3.05, 3.63) is 112 Å². The molecule has 0 spiro atoms. The van der Waals surface area contributed by atoms with Crippen LogP contribution in [0.5, 0.6) is 0 Å². The molecule has 1 unspecified atom stereocenters. The van der Waals surface area contributed by atoms with Crippen LogP contribution >= 0.6 is 24.2 Å². The zero-order chi connectivity index (χ0) is 28.5. The molecule has 1 amide bonds. The fourth-order valence-corrected chi connectivity index (χ4v) is 5.30. The van der Waals surface area contributed by atoms with Crippen molar-refractivity contribution in [3.8, 4) is 11.1 Å². The van der Waals surface area contributed by atoms with Gasteiger partial charge in [-0.1, -0.05) is 97.7 Å². The number of rotatable bonds is 13. The van der Waals surface area contributed by atoms with E-state index in [4.69, 9.17) is 11.6 Å². The van der Waals surface area contributed by atoms with Crippen molar-refractivity contribution in [2.75, 3.05) is 5.75 Å². The lowest BCUT2D eigenvalue weighted by atomic mass is 9.98. The molecule has 0 saturated carbocycles. The van der Waals surface area contributed by atoms with Gasteiger partial charge in [-0.3, -0.25) is 4.79 Å². The summed E-state index contributed by atoms with van der Waals surface area (Å²) >= 11 is 11.0. The lowest BCUT2D eigenvalue weighted by Gasteiger charge is -2.17. The van der Waals surface area contributed by atoms with Crippen molar-refractivity contribution in [2.45, 2.75) is 45.7 Å². The van der Waals surface area contributed by atoms with Crippen LogP contribution in [0.2, 0.25) is 5.15 Å². The molecule has 8 heteroatoms. The van der Waals surface area contributed by atoms with Gasteiger partial charge in [-0.05, 0) is 41.2 Å². The summed E-state index contributed by atoms with van der Waals surface area (Å²) in [7, 11) is 0. The number of unbranched alkanes of at least 4 members (excludes halogenated alkanes) is 1. The lowest BCUT2D eigenvalue weighted by molar-refractivity contribution is -0.124. The number of hydrogen-bond acceptors (Lipinski definition) is 4. The van der Waals surface area contributed by atoms with Crippen molar-refractivity contribution < 1.29 is 14.7 Å². The quantitative estimate of drug-likeness (QED) is 0.155. The molecule has 208 valence electrons. The number of aromatic nitrogens is 2. The molecule has 0 fully saturated rings. The second-order valence-corrected chi connectivity index (χ2v) is 10.5. The highest BCUT2D eigenvalue weighted by molar-refractivity contribution is 7.80. The largest absolute Gasteiger partial charge is 0.478 e. The summed E-state index contributed by atoms with van der Waals surface area (Å²) in [6.45, 7) is 2.93. The van der Waals surface area contributed by atoms with E-state index in [2.05, 4.69) is 34.4 Å². The van der Waals surface area contributed by atoms with E-state index in [1.54, 1.807) is 12.1 Å². The standard InChI is InChI=1S/C32H34ClN3O3S/c1-2-3-13-29-35-30(33)28(19-34-31(37)25(21-40)18-22-9-5-4-6-10-22)36(29)20-23-14-16-24(17-15-23)26-11-7-8-12-27(26)32(38)39/h4-12,14-17,25,40H,2-3,13,18-21H2,1H3,(H,34,37)(H,38,39). The number of aryl methyl sites for hydroxylation is 1. The molecule has 0 radical (unpaired) electrons. The van der Waals surface area contributed by atoms with Gasteiger partial charge in [0.1, 0.15) is 5.82 Å². The average molecular weight is 576 g/mol. The minimum absolute atomic E-state index is 0.0702. The summed E-state index contributed by atoms with van der Waals surface area (Å²) in [6.07, 6.45) is 3.39. The van der Waals surface area contributed by atoms with E-state index in [0.29, 0.717) is 29.4 Å². The molecule has 1 aromatic heterocycles. The molecule has 4 aromatic rings. The molecule has 4 rings (SSSR count). The van der Waals surface area contributed by atoms with Gasteiger partial charge in [0.05, 0.1) is 23.7 Å². The molecule has 1 heterocycles. The molecule has 40 heavy (non-hydrogen) atoms. The van der Waals surface area contributed by atoms with Crippen molar-refractivity contribution in [1.29, 1.82) is 0 Å². The molecule has 0 aliphatic heterocycles. The number of carbonyl (C=O) groups is 2. The normalized spacial score (nSPS) is 11.8. The average Bonchev–Trinajstić information content (AvgIpc) is 3.27. The molecular weight excluding hydrogens is 542 g/mol. The number of amides is 1. The highest BCUT2D eigenvalue weighted by Crippen LogP contribution is 2.26. The number of benzene rings is 3. The molecule has 1 atom stereocenters. The third kappa shape index (κ3) is 7.34. The number of imidazole rings is 1. The van der Waals surface area contributed by atoms with E-state index in [1.165, 1.54) is 0 Å². The van der Waals surface area contributed by atoms with Crippen LogP contribution in [0.25, 0.3) is 11.1 Å². The number of halogens is 1. The van der Waals surface area contributed by atoms with E-state index in [0.717, 1.165) is 47.5 Å². The van der Waals surface area contributed by atoms with Crippen molar-refractivity contribution >= 4 is 36.1 Å². The predicted molar refractivity (Wildman–Crippen MR) is 163 cm³/mol. The second-order valence-electron chi connectivity index (χ2n) is 9.79. The summed E-state index contributed by atoms with van der Waals surface area (Å²) in [4.78, 5) is 29.4. The first kappa shape index (κ1) is 29.4. The molecule has 6 nitrogen and oxygen atoms in total. The highest BCUT2D eigenvalue weighted by atomic mass is 35.5. The maximum atomic E-state index is 13.1. The fourth-order valence-electron chi connectivity index (χ4n) is 4.73. The summed E-state index contributed by atoms with van der Waals surface area (Å²) in [6, 6.07) is 24.8. The van der Waals surface area contributed by atoms with Gasteiger partial charge in [-0.25, -0.2) is 9.78 Å². The van der Waals surface area contributed by atoms with Gasteiger partial charge >= 0.3 is 5.97 Å². The first-order valence-corrected chi connectivity index (χ1v) is 14.5. The Morgan fingerprint density at radius 2 is 1.70 bits per heavy atom. The minimum atomic E-state index is -0.955. The van der Waals surface area contributed by atoms with E-state index < -0.39 is 5.97 Å². The zero-order valence-electron chi connectivity index (χ0n) is 22.5. The Labute approximate surface area is 245 Å². The summed E-state index contributed by atoms with van der Waals surface area (Å²) < 4.78 is 2.09. The molecule has 2 N–H and O–H groups in total. The zero-order valence-corrected chi connectivity index (χ0v) is 24.2. The number of hydrogen-bond donors (Lipinski definition) is 3. The highest BCUT2D eigenvalue weighted by Gasteiger charge is 2.21. The number of carboxylic acids is 1. The van der Waals surface area contributed by atoms with Crippen molar-refractivity contribution in [2.24, 2.45) is 5.92 Å². The van der Waals surface area contributed by atoms with Crippen LogP contribution in [-0.4, -0.2) is 32.3 Å². The van der Waals surface area contributed by atoms with Crippen LogP contribution in [0, 0.1) is 5.92 Å². The first-order valence-electron chi connectivity index (χ1n) is 13.5. The van der Waals surface area contributed by atoms with Gasteiger partial charge in [-0.15, -0.1) is 0 Å². The maximum Gasteiger partial charge on any atom is 0.336 e. The van der Waals surface area contributed by atoms with E-state index in [9.17, 15) is 14.7 Å².